The van der Waals surface area contributed by atoms with Gasteiger partial charge in [-0.05, 0) is 19.1 Å². The van der Waals surface area contributed by atoms with Crippen molar-refractivity contribution in [1.29, 1.82) is 0 Å². The first-order valence-electron chi connectivity index (χ1n) is 3.70. The number of carbonyl (C=O) groups is 1. The highest BCUT2D eigenvalue weighted by molar-refractivity contribution is 5.95. The Morgan fingerprint density at radius 2 is 2.15 bits per heavy atom. The summed E-state index contributed by atoms with van der Waals surface area (Å²) in [6, 6.07) is 2.62. The molecular formula is C9H10FNO2. The first kappa shape index (κ1) is 9.51. The van der Waals surface area contributed by atoms with Crippen molar-refractivity contribution in [3.8, 4) is 5.75 Å². The van der Waals surface area contributed by atoms with Gasteiger partial charge in [-0.3, -0.25) is 4.79 Å². The van der Waals surface area contributed by atoms with Crippen LogP contribution in [-0.4, -0.2) is 12.9 Å². The molecule has 0 radical (unpaired) electrons. The third-order valence-corrected chi connectivity index (χ3v) is 1.69. The number of anilines is 1. The molecule has 2 N–H and O–H groups in total. The third-order valence-electron chi connectivity index (χ3n) is 1.69. The van der Waals surface area contributed by atoms with Crippen LogP contribution in [0.15, 0.2) is 12.1 Å². The summed E-state index contributed by atoms with van der Waals surface area (Å²) in [5, 5.41) is 0. The summed E-state index contributed by atoms with van der Waals surface area (Å²) < 4.78 is 17.8. The Labute approximate surface area is 75.3 Å². The molecular weight excluding hydrogens is 173 g/mol. The maximum absolute atomic E-state index is 13.1. The first-order valence-corrected chi connectivity index (χ1v) is 3.70. The number of rotatable bonds is 2. The van der Waals surface area contributed by atoms with Gasteiger partial charge in [-0.2, -0.15) is 0 Å². The molecule has 70 valence electrons. The average molecular weight is 183 g/mol. The van der Waals surface area contributed by atoms with Gasteiger partial charge >= 0.3 is 0 Å². The van der Waals surface area contributed by atoms with Gasteiger partial charge in [-0.15, -0.1) is 0 Å². The number of ether oxygens (including phenoxy) is 1. The number of hydrogen-bond donors (Lipinski definition) is 1. The van der Waals surface area contributed by atoms with Crippen LogP contribution in [0.2, 0.25) is 0 Å². The Kier molecular flexibility index (Phi) is 2.51. The highest BCUT2D eigenvalue weighted by Crippen LogP contribution is 2.24. The van der Waals surface area contributed by atoms with E-state index in [-0.39, 0.29) is 17.2 Å². The van der Waals surface area contributed by atoms with Crippen molar-refractivity contribution in [3.63, 3.8) is 0 Å². The average Bonchev–Trinajstić information content (AvgIpc) is 2.09. The standard InChI is InChI=1S/C9H10FNO2/c1-5(12)6-3-7(11)9(10)8(4-6)13-2/h3-4H,11H2,1-2H3. The molecule has 13 heavy (non-hydrogen) atoms. The van der Waals surface area contributed by atoms with Crippen LogP contribution in [-0.2, 0) is 0 Å². The van der Waals surface area contributed by atoms with Crippen molar-refractivity contribution in [3.05, 3.63) is 23.5 Å². The number of carbonyl (C=O) groups excluding carboxylic acids is 1. The molecule has 0 aromatic heterocycles. The van der Waals surface area contributed by atoms with Crippen molar-refractivity contribution in [2.75, 3.05) is 12.8 Å². The molecule has 0 atom stereocenters. The van der Waals surface area contributed by atoms with Crippen molar-refractivity contribution >= 4 is 11.5 Å². The van der Waals surface area contributed by atoms with Gasteiger partial charge in [0.05, 0.1) is 12.8 Å². The molecule has 3 nitrogen and oxygen atoms in total. The first-order chi connectivity index (χ1) is 6.06. The number of methoxy groups -OCH3 is 1. The molecule has 0 spiro atoms. The van der Waals surface area contributed by atoms with Crippen LogP contribution in [0.1, 0.15) is 17.3 Å². The van der Waals surface area contributed by atoms with Crippen LogP contribution in [0.5, 0.6) is 5.75 Å². The van der Waals surface area contributed by atoms with E-state index in [2.05, 4.69) is 0 Å². The van der Waals surface area contributed by atoms with Gasteiger partial charge in [0.1, 0.15) is 0 Å². The molecule has 0 fully saturated rings. The second-order valence-corrected chi connectivity index (χ2v) is 2.64. The Balaban J connectivity index is 3.30. The van der Waals surface area contributed by atoms with E-state index in [9.17, 15) is 9.18 Å². The number of halogens is 1. The lowest BCUT2D eigenvalue weighted by atomic mass is 10.1. The Morgan fingerprint density at radius 3 is 2.62 bits per heavy atom. The summed E-state index contributed by atoms with van der Waals surface area (Å²) in [4.78, 5) is 10.9. The van der Waals surface area contributed by atoms with E-state index in [4.69, 9.17) is 10.5 Å². The van der Waals surface area contributed by atoms with Gasteiger partial charge in [0, 0.05) is 5.56 Å². The van der Waals surface area contributed by atoms with Crippen LogP contribution in [0.3, 0.4) is 0 Å². The fourth-order valence-corrected chi connectivity index (χ4v) is 0.971. The minimum Gasteiger partial charge on any atom is -0.494 e. The summed E-state index contributed by atoms with van der Waals surface area (Å²) in [5.41, 5.74) is 5.59. The van der Waals surface area contributed by atoms with Crippen LogP contribution >= 0.6 is 0 Å². The van der Waals surface area contributed by atoms with E-state index in [0.29, 0.717) is 5.56 Å². The van der Waals surface area contributed by atoms with Crippen molar-refractivity contribution in [2.24, 2.45) is 0 Å². The Morgan fingerprint density at radius 1 is 1.54 bits per heavy atom. The quantitative estimate of drug-likeness (QED) is 0.560. The van der Waals surface area contributed by atoms with Crippen molar-refractivity contribution in [2.45, 2.75) is 6.92 Å². The second-order valence-electron chi connectivity index (χ2n) is 2.64. The third kappa shape index (κ3) is 1.77. The number of ketones is 1. The normalized spacial score (nSPS) is 9.77. The summed E-state index contributed by atoms with van der Waals surface area (Å²) in [5.74, 6) is -0.817. The summed E-state index contributed by atoms with van der Waals surface area (Å²) in [6.07, 6.45) is 0. The molecule has 0 saturated heterocycles. The van der Waals surface area contributed by atoms with Crippen LogP contribution in [0.4, 0.5) is 10.1 Å². The number of hydrogen-bond acceptors (Lipinski definition) is 3. The van der Waals surface area contributed by atoms with Crippen molar-refractivity contribution in [1.82, 2.24) is 0 Å². The fourth-order valence-electron chi connectivity index (χ4n) is 0.971. The Hall–Kier alpha value is -1.58. The van der Waals surface area contributed by atoms with E-state index in [1.54, 1.807) is 0 Å². The zero-order valence-corrected chi connectivity index (χ0v) is 7.43. The highest BCUT2D eigenvalue weighted by atomic mass is 19.1. The zero-order valence-electron chi connectivity index (χ0n) is 7.43. The largest absolute Gasteiger partial charge is 0.494 e. The maximum Gasteiger partial charge on any atom is 0.187 e. The molecule has 4 heteroatoms. The lowest BCUT2D eigenvalue weighted by molar-refractivity contribution is 0.101. The number of nitrogen functional groups attached to an aromatic ring is 1. The summed E-state index contributed by atoms with van der Waals surface area (Å²) in [7, 11) is 1.32. The van der Waals surface area contributed by atoms with Gasteiger partial charge in [0.25, 0.3) is 0 Å². The van der Waals surface area contributed by atoms with E-state index in [1.807, 2.05) is 0 Å². The highest BCUT2D eigenvalue weighted by Gasteiger charge is 2.10. The fraction of sp³-hybridized carbons (Fsp3) is 0.222. The van der Waals surface area contributed by atoms with Crippen LogP contribution in [0, 0.1) is 5.82 Å². The molecule has 1 aromatic rings. The van der Waals surface area contributed by atoms with E-state index >= 15 is 0 Å². The second kappa shape index (κ2) is 3.43. The van der Waals surface area contributed by atoms with Gasteiger partial charge < -0.3 is 10.5 Å². The molecule has 0 aliphatic rings. The topological polar surface area (TPSA) is 52.3 Å². The lowest BCUT2D eigenvalue weighted by Gasteiger charge is -2.05. The molecule has 0 bridgehead atoms. The SMILES string of the molecule is COc1cc(C(C)=O)cc(N)c1F. The van der Waals surface area contributed by atoms with Crippen LogP contribution < -0.4 is 10.5 Å². The lowest BCUT2D eigenvalue weighted by Crippen LogP contribution is -2.00. The van der Waals surface area contributed by atoms with E-state index in [1.165, 1.54) is 26.2 Å². The number of nitrogens with two attached hydrogens (primary N) is 1. The minimum absolute atomic E-state index is 0.00907. The van der Waals surface area contributed by atoms with Gasteiger partial charge in [-0.1, -0.05) is 0 Å². The summed E-state index contributed by atoms with van der Waals surface area (Å²) >= 11 is 0. The van der Waals surface area contributed by atoms with Crippen LogP contribution in [0.25, 0.3) is 0 Å². The predicted octanol–water partition coefficient (Wildman–Crippen LogP) is 1.62. The molecule has 0 aliphatic heterocycles. The molecule has 1 aromatic carbocycles. The molecule has 1 rings (SSSR count). The summed E-state index contributed by atoms with van der Waals surface area (Å²) in [6.45, 7) is 1.38. The minimum atomic E-state index is -0.632. The predicted molar refractivity (Wildman–Crippen MR) is 47.4 cm³/mol. The zero-order chi connectivity index (χ0) is 10.0. The van der Waals surface area contributed by atoms with Gasteiger partial charge in [0.2, 0.25) is 0 Å². The monoisotopic (exact) mass is 183 g/mol. The Bertz CT molecular complexity index is 350. The smallest absolute Gasteiger partial charge is 0.187 e. The number of benzene rings is 1. The molecule has 0 unspecified atom stereocenters. The van der Waals surface area contributed by atoms with E-state index in [0.717, 1.165) is 0 Å². The number of Topliss-reactive ketones (excluding diaryl/α,β-unsaturated/α-hetero) is 1. The van der Waals surface area contributed by atoms with E-state index < -0.39 is 5.82 Å². The maximum atomic E-state index is 13.1. The molecule has 0 amide bonds. The van der Waals surface area contributed by atoms with Crippen molar-refractivity contribution < 1.29 is 13.9 Å². The molecule has 0 heterocycles. The van der Waals surface area contributed by atoms with Gasteiger partial charge in [0.15, 0.2) is 17.3 Å². The molecule has 0 aliphatic carbocycles. The molecule has 0 saturated carbocycles. The van der Waals surface area contributed by atoms with Gasteiger partial charge in [-0.25, -0.2) is 4.39 Å².